The van der Waals surface area contributed by atoms with E-state index in [4.69, 9.17) is 16.3 Å². The van der Waals surface area contributed by atoms with Crippen molar-refractivity contribution in [3.8, 4) is 5.75 Å². The molecule has 0 heterocycles. The van der Waals surface area contributed by atoms with Gasteiger partial charge in [0.05, 0.1) is 12.8 Å². The van der Waals surface area contributed by atoms with Gasteiger partial charge in [0.15, 0.2) is 0 Å². The third-order valence-electron chi connectivity index (χ3n) is 4.59. The smallest absolute Gasteiger partial charge is 0.240 e. The molecule has 0 radical (unpaired) electrons. The van der Waals surface area contributed by atoms with Crippen LogP contribution in [0, 0.1) is 6.92 Å². The normalized spacial score (nSPS) is 13.8. The number of hydrogen-bond acceptors (Lipinski definition) is 3. The van der Waals surface area contributed by atoms with Crippen molar-refractivity contribution in [2.45, 2.75) is 46.0 Å². The van der Waals surface area contributed by atoms with Crippen molar-refractivity contribution in [3.63, 3.8) is 0 Å². The number of ether oxygens (including phenoxy) is 1. The van der Waals surface area contributed by atoms with E-state index >= 15 is 0 Å². The molecule has 2 amide bonds. The van der Waals surface area contributed by atoms with Gasteiger partial charge in [-0.25, -0.2) is 0 Å². The molecule has 26 heavy (non-hydrogen) atoms. The molecule has 1 N–H and O–H groups in total. The summed E-state index contributed by atoms with van der Waals surface area (Å²) >= 11 is 6.13. The number of hydrogen-bond donors (Lipinski definition) is 1. The van der Waals surface area contributed by atoms with E-state index in [0.29, 0.717) is 23.0 Å². The van der Waals surface area contributed by atoms with E-state index in [9.17, 15) is 9.59 Å². The van der Waals surface area contributed by atoms with Crippen molar-refractivity contribution in [2.75, 3.05) is 25.1 Å². The van der Waals surface area contributed by atoms with Crippen molar-refractivity contribution >= 4 is 29.1 Å². The first-order valence-corrected chi connectivity index (χ1v) is 9.37. The first kappa shape index (κ1) is 20.3. The minimum Gasteiger partial charge on any atom is -0.495 e. The monoisotopic (exact) mass is 378 g/mol. The number of nitrogens with one attached hydrogen (secondary N) is 1. The lowest BCUT2D eigenvalue weighted by Crippen LogP contribution is -2.40. The summed E-state index contributed by atoms with van der Waals surface area (Å²) in [5.74, 6) is 0.0531. The van der Waals surface area contributed by atoms with Crippen molar-refractivity contribution in [1.82, 2.24) is 5.32 Å². The van der Waals surface area contributed by atoms with Crippen LogP contribution in [-0.2, 0) is 9.59 Å². The Morgan fingerprint density at radius 1 is 1.31 bits per heavy atom. The molecule has 0 aliphatic heterocycles. The molecule has 0 saturated heterocycles. The van der Waals surface area contributed by atoms with Crippen LogP contribution in [0.5, 0.6) is 5.75 Å². The van der Waals surface area contributed by atoms with Crippen LogP contribution in [0.2, 0.25) is 5.02 Å². The first-order chi connectivity index (χ1) is 12.4. The van der Waals surface area contributed by atoms with Gasteiger partial charge in [-0.2, -0.15) is 0 Å². The third-order valence-corrected chi connectivity index (χ3v) is 4.99. The Kier molecular flexibility index (Phi) is 7.51. The van der Waals surface area contributed by atoms with Gasteiger partial charge >= 0.3 is 0 Å². The van der Waals surface area contributed by atoms with Crippen LogP contribution in [0.15, 0.2) is 23.8 Å². The first-order valence-electron chi connectivity index (χ1n) is 8.99. The number of aryl methyl sites for hydroxylation is 1. The second-order valence-electron chi connectivity index (χ2n) is 6.59. The average molecular weight is 379 g/mol. The van der Waals surface area contributed by atoms with Gasteiger partial charge in [0, 0.05) is 24.6 Å². The number of halogens is 1. The molecule has 0 spiro atoms. The van der Waals surface area contributed by atoms with Gasteiger partial charge in [0.25, 0.3) is 0 Å². The van der Waals surface area contributed by atoms with E-state index in [2.05, 4.69) is 11.4 Å². The molecule has 1 aliphatic rings. The van der Waals surface area contributed by atoms with Crippen LogP contribution >= 0.6 is 11.6 Å². The quantitative estimate of drug-likeness (QED) is 0.729. The van der Waals surface area contributed by atoms with Crippen molar-refractivity contribution in [3.05, 3.63) is 34.4 Å². The molecule has 0 fully saturated rings. The minimum atomic E-state index is -0.227. The molecular formula is C20H27ClN2O3. The lowest BCUT2D eigenvalue weighted by atomic mass is 9.97. The molecule has 142 valence electrons. The largest absolute Gasteiger partial charge is 0.495 e. The van der Waals surface area contributed by atoms with Gasteiger partial charge in [-0.3, -0.25) is 14.5 Å². The molecule has 5 nitrogen and oxygen atoms in total. The lowest BCUT2D eigenvalue weighted by molar-refractivity contribution is -0.123. The fourth-order valence-corrected chi connectivity index (χ4v) is 3.24. The van der Waals surface area contributed by atoms with Crippen LogP contribution in [0.1, 0.15) is 44.6 Å². The molecule has 1 aromatic rings. The van der Waals surface area contributed by atoms with Gasteiger partial charge in [0.1, 0.15) is 12.3 Å². The number of benzene rings is 1. The van der Waals surface area contributed by atoms with Gasteiger partial charge < -0.3 is 10.1 Å². The number of methoxy groups -OCH3 is 1. The number of carbonyl (C=O) groups is 2. The van der Waals surface area contributed by atoms with Gasteiger partial charge in [-0.1, -0.05) is 23.3 Å². The Morgan fingerprint density at radius 3 is 2.69 bits per heavy atom. The molecule has 1 aliphatic carbocycles. The van der Waals surface area contributed by atoms with E-state index in [-0.39, 0.29) is 18.4 Å². The Bertz CT molecular complexity index is 701. The second kappa shape index (κ2) is 9.62. The molecule has 1 aromatic carbocycles. The molecule has 0 atom stereocenters. The standard InChI is InChI=1S/C20H27ClN2O3/c1-14-11-18(19(26-3)12-17(14)21)23(15(2)24)13-20(25)22-10-9-16-7-5-4-6-8-16/h7,11-12H,4-6,8-10,13H2,1-3H3,(H,22,25). The van der Waals surface area contributed by atoms with Crippen LogP contribution in [0.3, 0.4) is 0 Å². The van der Waals surface area contributed by atoms with E-state index < -0.39 is 0 Å². The van der Waals surface area contributed by atoms with Crippen LogP contribution < -0.4 is 15.0 Å². The number of allylic oxidation sites excluding steroid dienone is 1. The molecular weight excluding hydrogens is 352 g/mol. The zero-order chi connectivity index (χ0) is 19.1. The molecule has 6 heteroatoms. The van der Waals surface area contributed by atoms with Crippen LogP contribution in [0.25, 0.3) is 0 Å². The molecule has 2 rings (SSSR count). The number of nitrogens with zero attached hydrogens (tertiary/aromatic N) is 1. The van der Waals surface area contributed by atoms with Gasteiger partial charge in [-0.15, -0.1) is 0 Å². The van der Waals surface area contributed by atoms with Crippen molar-refractivity contribution in [2.24, 2.45) is 0 Å². The number of anilines is 1. The highest BCUT2D eigenvalue weighted by Crippen LogP contribution is 2.33. The maximum Gasteiger partial charge on any atom is 0.240 e. The van der Waals surface area contributed by atoms with Gasteiger partial charge in [0.2, 0.25) is 11.8 Å². The van der Waals surface area contributed by atoms with E-state index in [1.165, 1.54) is 37.3 Å². The summed E-state index contributed by atoms with van der Waals surface area (Å²) in [4.78, 5) is 25.9. The topological polar surface area (TPSA) is 58.6 Å². The summed E-state index contributed by atoms with van der Waals surface area (Å²) in [7, 11) is 1.51. The van der Waals surface area contributed by atoms with E-state index in [1.807, 2.05) is 6.92 Å². The molecule has 0 bridgehead atoms. The van der Waals surface area contributed by atoms with Gasteiger partial charge in [-0.05, 0) is 50.7 Å². The molecule has 0 unspecified atom stereocenters. The van der Waals surface area contributed by atoms with Crippen molar-refractivity contribution in [1.29, 1.82) is 0 Å². The average Bonchev–Trinajstić information content (AvgIpc) is 2.62. The number of carbonyl (C=O) groups excluding carboxylic acids is 2. The molecule has 0 aromatic heterocycles. The fraction of sp³-hybridized carbons (Fsp3) is 0.500. The predicted molar refractivity (Wildman–Crippen MR) is 105 cm³/mol. The summed E-state index contributed by atoms with van der Waals surface area (Å²) < 4.78 is 5.34. The minimum absolute atomic E-state index is 0.0498. The zero-order valence-electron chi connectivity index (χ0n) is 15.7. The van der Waals surface area contributed by atoms with Crippen molar-refractivity contribution < 1.29 is 14.3 Å². The summed E-state index contributed by atoms with van der Waals surface area (Å²) in [5.41, 5.74) is 2.78. The third kappa shape index (κ3) is 5.49. The Balaban J connectivity index is 2.01. The Morgan fingerprint density at radius 2 is 2.08 bits per heavy atom. The highest BCUT2D eigenvalue weighted by atomic mass is 35.5. The van der Waals surface area contributed by atoms with Crippen LogP contribution in [-0.4, -0.2) is 32.0 Å². The molecule has 0 saturated carbocycles. The summed E-state index contributed by atoms with van der Waals surface area (Å²) in [6.07, 6.45) is 7.89. The van der Waals surface area contributed by atoms with E-state index in [1.54, 1.807) is 12.1 Å². The maximum atomic E-state index is 12.3. The Labute approximate surface area is 160 Å². The van der Waals surface area contributed by atoms with Crippen LogP contribution in [0.4, 0.5) is 5.69 Å². The van der Waals surface area contributed by atoms with E-state index in [0.717, 1.165) is 24.8 Å². The number of amides is 2. The zero-order valence-corrected chi connectivity index (χ0v) is 16.5. The number of rotatable bonds is 7. The summed E-state index contributed by atoms with van der Waals surface area (Å²) in [6.45, 7) is 3.82. The highest BCUT2D eigenvalue weighted by molar-refractivity contribution is 6.31. The Hall–Kier alpha value is -2.01. The maximum absolute atomic E-state index is 12.3. The fourth-order valence-electron chi connectivity index (χ4n) is 3.08. The second-order valence-corrected chi connectivity index (χ2v) is 6.99. The lowest BCUT2D eigenvalue weighted by Gasteiger charge is -2.24. The highest BCUT2D eigenvalue weighted by Gasteiger charge is 2.20. The summed E-state index contributed by atoms with van der Waals surface area (Å²) in [5, 5.41) is 3.46. The summed E-state index contributed by atoms with van der Waals surface area (Å²) in [6, 6.07) is 3.43. The predicted octanol–water partition coefficient (Wildman–Crippen LogP) is 4.02. The SMILES string of the molecule is COc1cc(Cl)c(C)cc1N(CC(=O)NCCC1=CCCCC1)C(C)=O.